The van der Waals surface area contributed by atoms with Gasteiger partial charge in [0.05, 0.1) is 13.7 Å². The maximum Gasteiger partial charge on any atom is 0.204 e. The molecule has 0 unspecified atom stereocenters. The highest BCUT2D eigenvalue weighted by Gasteiger charge is 2.19. The standard InChI is InChI=1S/C14H16O6S/c1-18-14-10(19-5-3-4-15)7-9-12(13(14)17)8(16)6-11(20-9)21-2/h6-7,15,17H,3-5H2,1-2H3. The molecule has 114 valence electrons. The molecule has 0 saturated heterocycles. The Morgan fingerprint density at radius 2 is 2.14 bits per heavy atom. The van der Waals surface area contributed by atoms with Crippen LogP contribution in [0.3, 0.4) is 0 Å². The van der Waals surface area contributed by atoms with Crippen molar-refractivity contribution in [3.8, 4) is 17.2 Å². The first-order valence-electron chi connectivity index (χ1n) is 6.27. The number of fused-ring (bicyclic) bond motifs is 1. The fourth-order valence-electron chi connectivity index (χ4n) is 1.89. The first kappa shape index (κ1) is 15.5. The van der Waals surface area contributed by atoms with Crippen LogP contribution in [0, 0.1) is 0 Å². The second kappa shape index (κ2) is 6.73. The van der Waals surface area contributed by atoms with Crippen molar-refractivity contribution in [2.45, 2.75) is 11.5 Å². The summed E-state index contributed by atoms with van der Waals surface area (Å²) in [5.74, 6) is 0.0254. The SMILES string of the molecule is COc1c(OCCCO)cc2oc(SC)cc(=O)c2c1O. The van der Waals surface area contributed by atoms with Crippen molar-refractivity contribution in [2.24, 2.45) is 0 Å². The summed E-state index contributed by atoms with van der Waals surface area (Å²) < 4.78 is 16.1. The van der Waals surface area contributed by atoms with Gasteiger partial charge in [-0.2, -0.15) is 0 Å². The first-order valence-corrected chi connectivity index (χ1v) is 7.50. The molecular weight excluding hydrogens is 296 g/mol. The Morgan fingerprint density at radius 1 is 1.38 bits per heavy atom. The van der Waals surface area contributed by atoms with E-state index in [0.29, 0.717) is 11.5 Å². The molecule has 1 aromatic heterocycles. The van der Waals surface area contributed by atoms with Crippen LogP contribution in [0.15, 0.2) is 26.4 Å². The average molecular weight is 312 g/mol. The van der Waals surface area contributed by atoms with Gasteiger partial charge in [-0.3, -0.25) is 4.79 Å². The number of methoxy groups -OCH3 is 1. The van der Waals surface area contributed by atoms with E-state index in [1.54, 1.807) is 6.26 Å². The summed E-state index contributed by atoms with van der Waals surface area (Å²) in [6, 6.07) is 2.82. The van der Waals surface area contributed by atoms with Gasteiger partial charge < -0.3 is 24.1 Å². The highest BCUT2D eigenvalue weighted by Crippen LogP contribution is 2.42. The van der Waals surface area contributed by atoms with Gasteiger partial charge in [-0.05, 0) is 6.26 Å². The lowest BCUT2D eigenvalue weighted by Gasteiger charge is -2.13. The zero-order chi connectivity index (χ0) is 15.4. The number of aromatic hydroxyl groups is 1. The van der Waals surface area contributed by atoms with E-state index in [9.17, 15) is 9.90 Å². The van der Waals surface area contributed by atoms with Gasteiger partial charge in [-0.15, -0.1) is 0 Å². The van der Waals surface area contributed by atoms with Crippen LogP contribution in [0.2, 0.25) is 0 Å². The fraction of sp³-hybridized carbons (Fsp3) is 0.357. The number of aliphatic hydroxyl groups is 1. The maximum atomic E-state index is 12.1. The smallest absolute Gasteiger partial charge is 0.204 e. The van der Waals surface area contributed by atoms with Gasteiger partial charge in [0.15, 0.2) is 22.0 Å². The molecule has 2 N–H and O–H groups in total. The summed E-state index contributed by atoms with van der Waals surface area (Å²) >= 11 is 1.29. The second-order valence-corrected chi connectivity index (χ2v) is 5.00. The normalized spacial score (nSPS) is 10.8. The summed E-state index contributed by atoms with van der Waals surface area (Å²) in [5, 5.41) is 19.5. The van der Waals surface area contributed by atoms with Gasteiger partial charge >= 0.3 is 0 Å². The van der Waals surface area contributed by atoms with E-state index >= 15 is 0 Å². The number of hydrogen-bond donors (Lipinski definition) is 2. The van der Waals surface area contributed by atoms with Gasteiger partial charge in [0, 0.05) is 25.2 Å². The van der Waals surface area contributed by atoms with E-state index in [1.165, 1.54) is 31.0 Å². The molecule has 0 amide bonds. The van der Waals surface area contributed by atoms with Crippen LogP contribution in [-0.2, 0) is 0 Å². The summed E-state index contributed by atoms with van der Waals surface area (Å²) in [4.78, 5) is 12.1. The summed E-state index contributed by atoms with van der Waals surface area (Å²) in [7, 11) is 1.37. The molecule has 21 heavy (non-hydrogen) atoms. The molecule has 6 nitrogen and oxygen atoms in total. The third kappa shape index (κ3) is 3.08. The lowest BCUT2D eigenvalue weighted by molar-refractivity contribution is 0.227. The van der Waals surface area contributed by atoms with Crippen LogP contribution < -0.4 is 14.9 Å². The van der Waals surface area contributed by atoms with Crippen LogP contribution in [0.1, 0.15) is 6.42 Å². The van der Waals surface area contributed by atoms with Gasteiger partial charge in [0.1, 0.15) is 11.0 Å². The third-order valence-electron chi connectivity index (χ3n) is 2.86. The summed E-state index contributed by atoms with van der Waals surface area (Å²) in [5.41, 5.74) is -0.123. The number of thioether (sulfide) groups is 1. The Labute approximate surface area is 125 Å². The molecule has 0 atom stereocenters. The molecule has 1 aromatic carbocycles. The zero-order valence-corrected chi connectivity index (χ0v) is 12.5. The van der Waals surface area contributed by atoms with Crippen molar-refractivity contribution >= 4 is 22.7 Å². The van der Waals surface area contributed by atoms with Crippen molar-refractivity contribution in [1.29, 1.82) is 0 Å². The van der Waals surface area contributed by atoms with E-state index in [2.05, 4.69) is 0 Å². The first-order chi connectivity index (χ1) is 10.1. The number of phenolic OH excluding ortho intramolecular Hbond substituents is 1. The van der Waals surface area contributed by atoms with E-state index in [1.807, 2.05) is 0 Å². The Bertz CT molecular complexity index is 694. The molecule has 7 heteroatoms. The number of hydrogen-bond acceptors (Lipinski definition) is 7. The molecule has 2 rings (SSSR count). The highest BCUT2D eigenvalue weighted by atomic mass is 32.2. The van der Waals surface area contributed by atoms with Crippen LogP contribution in [0.5, 0.6) is 17.2 Å². The largest absolute Gasteiger partial charge is 0.504 e. The van der Waals surface area contributed by atoms with Crippen molar-refractivity contribution in [3.05, 3.63) is 22.4 Å². The quantitative estimate of drug-likeness (QED) is 0.623. The molecule has 0 aliphatic heterocycles. The predicted molar refractivity (Wildman–Crippen MR) is 79.7 cm³/mol. The van der Waals surface area contributed by atoms with Crippen molar-refractivity contribution in [1.82, 2.24) is 0 Å². The minimum absolute atomic E-state index is 0.00636. The molecule has 0 spiro atoms. The van der Waals surface area contributed by atoms with E-state index < -0.39 is 0 Å². The topological polar surface area (TPSA) is 89.1 Å². The number of phenols is 1. The predicted octanol–water partition coefficient (Wildman–Crippen LogP) is 1.99. The molecule has 0 fully saturated rings. The molecule has 0 bridgehead atoms. The average Bonchev–Trinajstić information content (AvgIpc) is 2.47. The Hall–Kier alpha value is -1.86. The lowest BCUT2D eigenvalue weighted by Crippen LogP contribution is -2.05. The van der Waals surface area contributed by atoms with Crippen LogP contribution in [0.4, 0.5) is 0 Å². The Kier molecular flexibility index (Phi) is 4.98. The highest BCUT2D eigenvalue weighted by molar-refractivity contribution is 7.98. The Balaban J connectivity index is 2.61. The number of ether oxygens (including phenoxy) is 2. The zero-order valence-electron chi connectivity index (χ0n) is 11.7. The molecule has 1 heterocycles. The minimum Gasteiger partial charge on any atom is -0.504 e. The van der Waals surface area contributed by atoms with Crippen LogP contribution >= 0.6 is 11.8 Å². The number of benzene rings is 1. The minimum atomic E-state index is -0.349. The van der Waals surface area contributed by atoms with Crippen LogP contribution in [0.25, 0.3) is 11.0 Å². The lowest BCUT2D eigenvalue weighted by atomic mass is 10.2. The molecule has 2 aromatic rings. The van der Waals surface area contributed by atoms with E-state index in [-0.39, 0.29) is 46.9 Å². The molecule has 0 saturated carbocycles. The molecular formula is C14H16O6S. The third-order valence-corrected chi connectivity index (χ3v) is 3.46. The van der Waals surface area contributed by atoms with Gasteiger partial charge in [0.25, 0.3) is 0 Å². The van der Waals surface area contributed by atoms with Crippen LogP contribution in [-0.4, -0.2) is 36.8 Å². The molecule has 0 aliphatic rings. The second-order valence-electron chi connectivity index (χ2n) is 4.19. The monoisotopic (exact) mass is 312 g/mol. The molecule has 0 radical (unpaired) electrons. The van der Waals surface area contributed by atoms with Gasteiger partial charge in [-0.1, -0.05) is 11.8 Å². The number of rotatable bonds is 6. The van der Waals surface area contributed by atoms with Crippen molar-refractivity contribution in [3.63, 3.8) is 0 Å². The van der Waals surface area contributed by atoms with Gasteiger partial charge in [0.2, 0.25) is 5.75 Å². The van der Waals surface area contributed by atoms with Crippen molar-refractivity contribution in [2.75, 3.05) is 26.6 Å². The van der Waals surface area contributed by atoms with Gasteiger partial charge in [-0.25, -0.2) is 0 Å². The van der Waals surface area contributed by atoms with E-state index in [4.69, 9.17) is 19.0 Å². The summed E-state index contributed by atoms with van der Waals surface area (Å²) in [6.07, 6.45) is 2.23. The number of aliphatic hydroxyl groups excluding tert-OH is 1. The van der Waals surface area contributed by atoms with Crippen molar-refractivity contribution < 1.29 is 24.1 Å². The maximum absolute atomic E-state index is 12.1. The Morgan fingerprint density at radius 3 is 2.76 bits per heavy atom. The van der Waals surface area contributed by atoms with E-state index in [0.717, 1.165) is 0 Å². The fourth-order valence-corrected chi connectivity index (χ4v) is 2.29. The summed E-state index contributed by atoms with van der Waals surface area (Å²) in [6.45, 7) is 0.248. The molecule has 0 aliphatic carbocycles.